The maximum atomic E-state index is 12.4. The maximum absolute atomic E-state index is 12.4. The number of nitrogens with one attached hydrogen (secondary N) is 1. The molecule has 0 radical (unpaired) electrons. The number of fused-ring (bicyclic) bond motifs is 1. The molecule has 1 aliphatic rings. The fraction of sp³-hybridized carbons (Fsp3) is 0.400. The second-order valence-electron chi connectivity index (χ2n) is 5.11. The maximum Gasteiger partial charge on any atom is 0.253 e. The Kier molecular flexibility index (Phi) is 2.82. The predicted octanol–water partition coefficient (Wildman–Crippen LogP) is 3.10. The first-order valence-corrected chi connectivity index (χ1v) is 6.63. The smallest absolute Gasteiger partial charge is 0.253 e. The van der Waals surface area contributed by atoms with Gasteiger partial charge in [0.1, 0.15) is 0 Å². The van der Waals surface area contributed by atoms with Gasteiger partial charge in [-0.15, -0.1) is 0 Å². The van der Waals surface area contributed by atoms with E-state index in [1.807, 2.05) is 30.0 Å². The van der Waals surface area contributed by atoms with Gasteiger partial charge >= 0.3 is 0 Å². The molecule has 1 aromatic carbocycles. The second kappa shape index (κ2) is 4.48. The van der Waals surface area contributed by atoms with Crippen molar-refractivity contribution in [3.63, 3.8) is 0 Å². The number of H-pyrrole nitrogens is 1. The largest absolute Gasteiger partial charge is 0.359 e. The lowest BCUT2D eigenvalue weighted by atomic mass is 10.1. The van der Waals surface area contributed by atoms with E-state index in [1.165, 1.54) is 6.42 Å². The van der Waals surface area contributed by atoms with Crippen LogP contribution in [-0.2, 0) is 0 Å². The monoisotopic (exact) mass is 242 g/mol. The molecule has 1 aliphatic heterocycles. The van der Waals surface area contributed by atoms with Gasteiger partial charge in [-0.05, 0) is 50.5 Å². The van der Waals surface area contributed by atoms with E-state index in [1.54, 1.807) is 0 Å². The van der Waals surface area contributed by atoms with Crippen LogP contribution in [0, 0.1) is 6.92 Å². The van der Waals surface area contributed by atoms with Crippen LogP contribution in [0.15, 0.2) is 24.3 Å². The van der Waals surface area contributed by atoms with Gasteiger partial charge in [-0.25, -0.2) is 0 Å². The fourth-order valence-corrected chi connectivity index (χ4v) is 2.69. The zero-order valence-electron chi connectivity index (χ0n) is 10.7. The number of piperidine rings is 1. The van der Waals surface area contributed by atoms with E-state index in [4.69, 9.17) is 0 Å². The number of hydrogen-bond acceptors (Lipinski definition) is 1. The third-order valence-corrected chi connectivity index (χ3v) is 3.65. The summed E-state index contributed by atoms with van der Waals surface area (Å²) in [5.41, 5.74) is 3.04. The summed E-state index contributed by atoms with van der Waals surface area (Å²) in [7, 11) is 0. The predicted molar refractivity (Wildman–Crippen MR) is 72.8 cm³/mol. The lowest BCUT2D eigenvalue weighted by Gasteiger charge is -2.26. The molecule has 0 spiro atoms. The van der Waals surface area contributed by atoms with Crippen LogP contribution in [0.5, 0.6) is 0 Å². The molecule has 0 unspecified atom stereocenters. The lowest BCUT2D eigenvalue weighted by molar-refractivity contribution is 0.0724. The number of carbonyl (C=O) groups excluding carboxylic acids is 1. The number of nitrogens with zero attached hydrogens (tertiary/aromatic N) is 1. The number of rotatable bonds is 1. The first-order chi connectivity index (χ1) is 8.74. The number of aromatic nitrogens is 1. The zero-order valence-corrected chi connectivity index (χ0v) is 10.7. The van der Waals surface area contributed by atoms with Crippen LogP contribution in [0.25, 0.3) is 10.9 Å². The van der Waals surface area contributed by atoms with Gasteiger partial charge in [-0.1, -0.05) is 0 Å². The Balaban J connectivity index is 1.90. The van der Waals surface area contributed by atoms with Crippen molar-refractivity contribution in [3.05, 3.63) is 35.5 Å². The minimum Gasteiger partial charge on any atom is -0.359 e. The van der Waals surface area contributed by atoms with Gasteiger partial charge in [-0.2, -0.15) is 0 Å². The van der Waals surface area contributed by atoms with Gasteiger partial charge in [0.2, 0.25) is 0 Å². The van der Waals surface area contributed by atoms with Crippen LogP contribution in [0.1, 0.15) is 35.3 Å². The third kappa shape index (κ3) is 2.01. The highest BCUT2D eigenvalue weighted by Gasteiger charge is 2.18. The molecule has 1 amide bonds. The summed E-state index contributed by atoms with van der Waals surface area (Å²) in [6.07, 6.45) is 3.52. The highest BCUT2D eigenvalue weighted by atomic mass is 16.2. The highest BCUT2D eigenvalue weighted by molar-refractivity contribution is 5.98. The molecule has 0 atom stereocenters. The molecule has 2 heterocycles. The Morgan fingerprint density at radius 2 is 1.94 bits per heavy atom. The number of benzene rings is 1. The number of amides is 1. The van der Waals surface area contributed by atoms with E-state index in [0.29, 0.717) is 0 Å². The van der Waals surface area contributed by atoms with E-state index in [-0.39, 0.29) is 5.91 Å². The van der Waals surface area contributed by atoms with Crippen molar-refractivity contribution < 1.29 is 4.79 Å². The molecule has 3 rings (SSSR count). The second-order valence-corrected chi connectivity index (χ2v) is 5.11. The Morgan fingerprint density at radius 1 is 1.17 bits per heavy atom. The summed E-state index contributed by atoms with van der Waals surface area (Å²) in [4.78, 5) is 17.6. The molecule has 94 valence electrons. The molecule has 0 bridgehead atoms. The minimum atomic E-state index is 0.176. The van der Waals surface area contributed by atoms with Crippen molar-refractivity contribution >= 4 is 16.8 Å². The molecule has 1 N–H and O–H groups in total. The third-order valence-electron chi connectivity index (χ3n) is 3.65. The lowest BCUT2D eigenvalue weighted by Crippen LogP contribution is -2.35. The average molecular weight is 242 g/mol. The van der Waals surface area contributed by atoms with Crippen molar-refractivity contribution in [2.45, 2.75) is 26.2 Å². The Labute approximate surface area is 107 Å². The van der Waals surface area contributed by atoms with E-state index < -0.39 is 0 Å². The van der Waals surface area contributed by atoms with Gasteiger partial charge in [0.25, 0.3) is 5.91 Å². The molecule has 18 heavy (non-hydrogen) atoms. The van der Waals surface area contributed by atoms with Crippen LogP contribution in [-0.4, -0.2) is 28.9 Å². The van der Waals surface area contributed by atoms with Crippen LogP contribution in [0.3, 0.4) is 0 Å². The number of hydrogen-bond donors (Lipinski definition) is 1. The minimum absolute atomic E-state index is 0.176. The molecule has 1 fully saturated rings. The zero-order chi connectivity index (χ0) is 12.5. The molecule has 0 saturated carbocycles. The van der Waals surface area contributed by atoms with Crippen LogP contribution < -0.4 is 0 Å². The molecular formula is C15H18N2O. The average Bonchev–Trinajstić information content (AvgIpc) is 2.78. The van der Waals surface area contributed by atoms with E-state index >= 15 is 0 Å². The van der Waals surface area contributed by atoms with Gasteiger partial charge in [0.15, 0.2) is 0 Å². The van der Waals surface area contributed by atoms with Crippen LogP contribution in [0.2, 0.25) is 0 Å². The number of carbonyl (C=O) groups is 1. The van der Waals surface area contributed by atoms with Gasteiger partial charge in [0, 0.05) is 35.2 Å². The van der Waals surface area contributed by atoms with Gasteiger partial charge in [-0.3, -0.25) is 4.79 Å². The number of aromatic amines is 1. The SMILES string of the molecule is Cc1cc2cc(C(=O)N3CCCCC3)ccc2[nH]1. The summed E-state index contributed by atoms with van der Waals surface area (Å²) in [5.74, 6) is 0.176. The van der Waals surface area contributed by atoms with Crippen molar-refractivity contribution in [1.82, 2.24) is 9.88 Å². The van der Waals surface area contributed by atoms with E-state index in [0.717, 1.165) is 48.1 Å². The van der Waals surface area contributed by atoms with Crippen molar-refractivity contribution in [2.75, 3.05) is 13.1 Å². The molecule has 3 heteroatoms. The molecule has 3 nitrogen and oxygen atoms in total. The molecule has 1 saturated heterocycles. The molecule has 1 aromatic heterocycles. The van der Waals surface area contributed by atoms with Gasteiger partial charge < -0.3 is 9.88 Å². The Bertz CT molecular complexity index is 579. The Morgan fingerprint density at radius 3 is 2.72 bits per heavy atom. The summed E-state index contributed by atoms with van der Waals surface area (Å²) in [6, 6.07) is 8.01. The molecule has 0 aliphatic carbocycles. The van der Waals surface area contributed by atoms with Crippen molar-refractivity contribution in [3.8, 4) is 0 Å². The fourth-order valence-electron chi connectivity index (χ4n) is 2.69. The molecule has 2 aromatic rings. The Hall–Kier alpha value is -1.77. The summed E-state index contributed by atoms with van der Waals surface area (Å²) < 4.78 is 0. The first kappa shape index (κ1) is 11.3. The quantitative estimate of drug-likeness (QED) is 0.819. The molecular weight excluding hydrogens is 224 g/mol. The first-order valence-electron chi connectivity index (χ1n) is 6.63. The number of aryl methyl sites for hydroxylation is 1. The summed E-state index contributed by atoms with van der Waals surface area (Å²) in [6.45, 7) is 3.85. The van der Waals surface area contributed by atoms with Crippen LogP contribution >= 0.6 is 0 Å². The van der Waals surface area contributed by atoms with E-state index in [9.17, 15) is 4.79 Å². The number of likely N-dealkylation sites (tertiary alicyclic amines) is 1. The standard InChI is InChI=1S/C15H18N2O/c1-11-9-13-10-12(5-6-14(13)16-11)15(18)17-7-3-2-4-8-17/h5-6,9-10,16H,2-4,7-8H2,1H3. The van der Waals surface area contributed by atoms with Crippen LogP contribution in [0.4, 0.5) is 0 Å². The summed E-state index contributed by atoms with van der Waals surface area (Å²) in [5, 5.41) is 1.12. The summed E-state index contributed by atoms with van der Waals surface area (Å²) >= 11 is 0. The normalized spacial score (nSPS) is 16.2. The van der Waals surface area contributed by atoms with Crippen molar-refractivity contribution in [2.24, 2.45) is 0 Å². The van der Waals surface area contributed by atoms with E-state index in [2.05, 4.69) is 11.1 Å². The topological polar surface area (TPSA) is 36.1 Å². The van der Waals surface area contributed by atoms with Gasteiger partial charge in [0.05, 0.1) is 0 Å². The highest BCUT2D eigenvalue weighted by Crippen LogP contribution is 2.19. The van der Waals surface area contributed by atoms with Crippen molar-refractivity contribution in [1.29, 1.82) is 0 Å².